The van der Waals surface area contributed by atoms with Gasteiger partial charge in [0.1, 0.15) is 10.6 Å². The molecule has 6 heteroatoms. The minimum absolute atomic E-state index is 0.0409. The fourth-order valence-corrected chi connectivity index (χ4v) is 2.52. The highest BCUT2D eigenvalue weighted by atomic mass is 35.7. The third-order valence-electron chi connectivity index (χ3n) is 1.68. The molecule has 0 aliphatic rings. The first kappa shape index (κ1) is 10.5. The molecular weight excluding hydrogens is 214 g/mol. The number of hydrogen-bond acceptors (Lipinski definition) is 4. The zero-order valence-corrected chi connectivity index (χ0v) is 8.94. The molecule has 0 saturated heterocycles. The Morgan fingerprint density at radius 2 is 2.00 bits per heavy atom. The van der Waals surface area contributed by atoms with Gasteiger partial charge in [0.15, 0.2) is 5.76 Å². The third kappa shape index (κ3) is 2.03. The molecule has 4 nitrogen and oxygen atoms in total. The van der Waals surface area contributed by atoms with Crippen molar-refractivity contribution < 1.29 is 12.9 Å². The number of aryl methyl sites for hydroxylation is 2. The molecule has 0 aliphatic heterocycles. The van der Waals surface area contributed by atoms with Crippen molar-refractivity contribution in [2.24, 2.45) is 0 Å². The topological polar surface area (TPSA) is 60.2 Å². The summed E-state index contributed by atoms with van der Waals surface area (Å²) in [5.74, 6) is 0.326. The van der Waals surface area contributed by atoms with Crippen molar-refractivity contribution in [2.45, 2.75) is 31.6 Å². The Morgan fingerprint density at radius 3 is 2.38 bits per heavy atom. The molecule has 1 rings (SSSR count). The van der Waals surface area contributed by atoms with Gasteiger partial charge in [-0.3, -0.25) is 0 Å². The molecule has 0 atom stereocenters. The fraction of sp³-hybridized carbons (Fsp3) is 0.571. The van der Waals surface area contributed by atoms with Gasteiger partial charge in [0.2, 0.25) is 0 Å². The molecule has 0 N–H and O–H groups in total. The third-order valence-corrected chi connectivity index (χ3v) is 3.10. The number of aromatic nitrogens is 1. The van der Waals surface area contributed by atoms with E-state index in [1.165, 1.54) is 0 Å². The van der Waals surface area contributed by atoms with Crippen LogP contribution in [-0.4, -0.2) is 13.6 Å². The van der Waals surface area contributed by atoms with E-state index in [0.29, 0.717) is 24.3 Å². The van der Waals surface area contributed by atoms with Crippen LogP contribution in [0.4, 0.5) is 0 Å². The Kier molecular flexibility index (Phi) is 2.98. The summed E-state index contributed by atoms with van der Waals surface area (Å²) in [7, 11) is 1.51. The summed E-state index contributed by atoms with van der Waals surface area (Å²) in [6.07, 6.45) is 0.957. The molecule has 0 radical (unpaired) electrons. The van der Waals surface area contributed by atoms with E-state index in [0.717, 1.165) is 0 Å². The lowest BCUT2D eigenvalue weighted by Crippen LogP contribution is -1.97. The monoisotopic (exact) mass is 223 g/mol. The van der Waals surface area contributed by atoms with Crippen LogP contribution in [0.1, 0.15) is 25.3 Å². The number of nitrogens with zero attached hydrogens (tertiary/aromatic N) is 1. The first-order valence-corrected chi connectivity index (χ1v) is 6.23. The highest BCUT2D eigenvalue weighted by Crippen LogP contribution is 2.24. The number of hydrogen-bond donors (Lipinski definition) is 0. The Hall–Kier alpha value is -0.550. The molecule has 0 aromatic carbocycles. The Balaban J connectivity index is 3.38. The molecular formula is C7H10ClNO3S. The zero-order chi connectivity index (χ0) is 10.1. The average Bonchev–Trinajstić information content (AvgIpc) is 2.45. The molecule has 1 heterocycles. The fourth-order valence-electron chi connectivity index (χ4n) is 1.08. The Labute approximate surface area is 81.3 Å². The standard InChI is InChI=1S/C7H10ClNO3S/c1-3-5-7(13(8,10)11)6(4-2)12-9-5/h3-4H2,1-2H3. The van der Waals surface area contributed by atoms with Crippen LogP contribution < -0.4 is 0 Å². The smallest absolute Gasteiger partial charge is 0.266 e. The SMILES string of the molecule is CCc1noc(CC)c1S(=O)(=O)Cl. The highest BCUT2D eigenvalue weighted by Gasteiger charge is 2.24. The summed E-state index contributed by atoms with van der Waals surface area (Å²) in [5.41, 5.74) is 0.395. The van der Waals surface area contributed by atoms with E-state index in [2.05, 4.69) is 5.16 Å². The summed E-state index contributed by atoms with van der Waals surface area (Å²) < 4.78 is 27.1. The predicted octanol–water partition coefficient (Wildman–Crippen LogP) is 1.73. The van der Waals surface area contributed by atoms with Gasteiger partial charge < -0.3 is 4.52 Å². The second kappa shape index (κ2) is 3.67. The molecule has 13 heavy (non-hydrogen) atoms. The van der Waals surface area contributed by atoms with E-state index < -0.39 is 9.05 Å². The first-order valence-electron chi connectivity index (χ1n) is 3.92. The summed E-state index contributed by atoms with van der Waals surface area (Å²) >= 11 is 0. The molecule has 0 fully saturated rings. The Morgan fingerprint density at radius 1 is 1.38 bits per heavy atom. The van der Waals surface area contributed by atoms with Crippen molar-refractivity contribution in [3.63, 3.8) is 0 Å². The molecule has 1 aromatic heterocycles. The molecule has 0 amide bonds. The van der Waals surface area contributed by atoms with Crippen LogP contribution in [0.2, 0.25) is 0 Å². The molecule has 0 aliphatic carbocycles. The van der Waals surface area contributed by atoms with Crippen molar-refractivity contribution in [2.75, 3.05) is 0 Å². The minimum Gasteiger partial charge on any atom is -0.360 e. The van der Waals surface area contributed by atoms with Gasteiger partial charge >= 0.3 is 0 Å². The van der Waals surface area contributed by atoms with Gasteiger partial charge in [0, 0.05) is 17.1 Å². The summed E-state index contributed by atoms with van der Waals surface area (Å²) in [5, 5.41) is 3.63. The lowest BCUT2D eigenvalue weighted by molar-refractivity contribution is 0.378. The van der Waals surface area contributed by atoms with Gasteiger partial charge in [-0.1, -0.05) is 19.0 Å². The maximum Gasteiger partial charge on any atom is 0.266 e. The summed E-state index contributed by atoms with van der Waals surface area (Å²) in [6, 6.07) is 0. The summed E-state index contributed by atoms with van der Waals surface area (Å²) in [6.45, 7) is 3.58. The van der Waals surface area contributed by atoms with E-state index in [9.17, 15) is 8.42 Å². The van der Waals surface area contributed by atoms with Crippen LogP contribution in [-0.2, 0) is 21.9 Å². The van der Waals surface area contributed by atoms with Crippen LogP contribution in [0.3, 0.4) is 0 Å². The van der Waals surface area contributed by atoms with Crippen molar-refractivity contribution >= 4 is 19.7 Å². The van der Waals surface area contributed by atoms with Gasteiger partial charge in [0.25, 0.3) is 9.05 Å². The second-order valence-corrected chi connectivity index (χ2v) is 5.03. The van der Waals surface area contributed by atoms with Gasteiger partial charge in [-0.2, -0.15) is 0 Å². The van der Waals surface area contributed by atoms with E-state index >= 15 is 0 Å². The van der Waals surface area contributed by atoms with Crippen LogP contribution >= 0.6 is 10.7 Å². The van der Waals surface area contributed by atoms with Crippen LogP contribution in [0.5, 0.6) is 0 Å². The predicted molar refractivity (Wildman–Crippen MR) is 48.3 cm³/mol. The minimum atomic E-state index is -3.73. The lowest BCUT2D eigenvalue weighted by atomic mass is 10.3. The zero-order valence-electron chi connectivity index (χ0n) is 7.37. The van der Waals surface area contributed by atoms with Gasteiger partial charge in [-0.15, -0.1) is 0 Å². The highest BCUT2D eigenvalue weighted by molar-refractivity contribution is 8.13. The van der Waals surface area contributed by atoms with Crippen LogP contribution in [0.25, 0.3) is 0 Å². The second-order valence-electron chi connectivity index (χ2n) is 2.53. The van der Waals surface area contributed by atoms with Crippen molar-refractivity contribution in [1.82, 2.24) is 5.16 Å². The molecule has 0 spiro atoms. The van der Waals surface area contributed by atoms with Crippen molar-refractivity contribution in [3.8, 4) is 0 Å². The first-order chi connectivity index (χ1) is 6.00. The lowest BCUT2D eigenvalue weighted by Gasteiger charge is -1.94. The molecule has 1 aromatic rings. The Bertz CT molecular complexity index is 374. The maximum atomic E-state index is 11.1. The molecule has 0 saturated carbocycles. The largest absolute Gasteiger partial charge is 0.360 e. The van der Waals surface area contributed by atoms with Gasteiger partial charge in [0.05, 0.1) is 0 Å². The van der Waals surface area contributed by atoms with E-state index in [4.69, 9.17) is 15.2 Å². The number of rotatable bonds is 3. The number of halogens is 1. The summed E-state index contributed by atoms with van der Waals surface area (Å²) in [4.78, 5) is 0.0409. The van der Waals surface area contributed by atoms with Gasteiger partial charge in [-0.05, 0) is 6.42 Å². The van der Waals surface area contributed by atoms with E-state index in [1.807, 2.05) is 0 Å². The quantitative estimate of drug-likeness (QED) is 0.733. The average molecular weight is 224 g/mol. The molecule has 0 bridgehead atoms. The van der Waals surface area contributed by atoms with E-state index in [-0.39, 0.29) is 4.90 Å². The van der Waals surface area contributed by atoms with Gasteiger partial charge in [-0.25, -0.2) is 8.42 Å². The van der Waals surface area contributed by atoms with Crippen molar-refractivity contribution in [1.29, 1.82) is 0 Å². The normalized spacial score (nSPS) is 11.9. The van der Waals surface area contributed by atoms with E-state index in [1.54, 1.807) is 13.8 Å². The van der Waals surface area contributed by atoms with Crippen molar-refractivity contribution in [3.05, 3.63) is 11.5 Å². The molecule has 0 unspecified atom stereocenters. The van der Waals surface area contributed by atoms with Crippen LogP contribution in [0, 0.1) is 0 Å². The molecule has 74 valence electrons. The van der Waals surface area contributed by atoms with Crippen LogP contribution in [0.15, 0.2) is 9.42 Å². The maximum absolute atomic E-state index is 11.1.